The Kier molecular flexibility index (Phi) is 4.78. The van der Waals surface area contributed by atoms with E-state index in [4.69, 9.17) is 0 Å². The van der Waals surface area contributed by atoms with Gasteiger partial charge in [0.25, 0.3) is 0 Å². The van der Waals surface area contributed by atoms with E-state index in [0.29, 0.717) is 19.0 Å². The first-order chi connectivity index (χ1) is 8.65. The number of nitrogens with zero attached hydrogens (tertiary/aromatic N) is 1. The smallest absolute Gasteiger partial charge is 0.223 e. The monoisotopic (exact) mass is 310 g/mol. The molecule has 1 fully saturated rings. The molecule has 1 N–H and O–H groups in total. The fourth-order valence-electron chi connectivity index (χ4n) is 1.81. The van der Waals surface area contributed by atoms with Crippen molar-refractivity contribution in [1.29, 1.82) is 0 Å². The van der Waals surface area contributed by atoms with Gasteiger partial charge in [0, 0.05) is 37.1 Å². The summed E-state index contributed by atoms with van der Waals surface area (Å²) >= 11 is 3.41. The minimum Gasteiger partial charge on any atom is -0.341 e. The average molecular weight is 311 g/mol. The van der Waals surface area contributed by atoms with Crippen molar-refractivity contribution in [2.75, 3.05) is 13.6 Å². The van der Waals surface area contributed by atoms with Gasteiger partial charge in [0.2, 0.25) is 5.91 Å². The second-order valence-corrected chi connectivity index (χ2v) is 5.77. The van der Waals surface area contributed by atoms with Crippen molar-refractivity contribution in [1.82, 2.24) is 10.2 Å². The molecule has 2 rings (SSSR count). The molecular weight excluding hydrogens is 292 g/mol. The molecule has 1 amide bonds. The summed E-state index contributed by atoms with van der Waals surface area (Å²) in [5.74, 6) is 0.200. The van der Waals surface area contributed by atoms with Crippen molar-refractivity contribution in [2.24, 2.45) is 0 Å². The lowest BCUT2D eigenvalue weighted by Gasteiger charge is -2.17. The first-order valence-corrected chi connectivity index (χ1v) is 7.16. The Balaban J connectivity index is 1.73. The summed E-state index contributed by atoms with van der Waals surface area (Å²) in [6, 6.07) is 8.76. The summed E-state index contributed by atoms with van der Waals surface area (Å²) in [5, 5.41) is 3.36. The van der Waals surface area contributed by atoms with Crippen molar-refractivity contribution in [3.8, 4) is 0 Å². The molecule has 1 aromatic rings. The Morgan fingerprint density at radius 1 is 1.39 bits per heavy atom. The van der Waals surface area contributed by atoms with Crippen LogP contribution in [0.3, 0.4) is 0 Å². The molecule has 0 heterocycles. The summed E-state index contributed by atoms with van der Waals surface area (Å²) < 4.78 is 1.06. The lowest BCUT2D eigenvalue weighted by Crippen LogP contribution is -2.30. The van der Waals surface area contributed by atoms with E-state index in [1.807, 2.05) is 31.3 Å². The van der Waals surface area contributed by atoms with Gasteiger partial charge in [-0.15, -0.1) is 0 Å². The van der Waals surface area contributed by atoms with Gasteiger partial charge in [-0.05, 0) is 30.5 Å². The molecule has 1 aliphatic carbocycles. The first kappa shape index (κ1) is 13.6. The highest BCUT2D eigenvalue weighted by Crippen LogP contribution is 2.18. The van der Waals surface area contributed by atoms with E-state index in [0.717, 1.165) is 16.6 Å². The number of hydrogen-bond acceptors (Lipinski definition) is 2. The van der Waals surface area contributed by atoms with Crippen LogP contribution in [0, 0.1) is 0 Å². The van der Waals surface area contributed by atoms with E-state index >= 15 is 0 Å². The molecule has 0 saturated heterocycles. The minimum atomic E-state index is 0.200. The topological polar surface area (TPSA) is 32.3 Å². The second kappa shape index (κ2) is 6.34. The zero-order valence-electron chi connectivity index (χ0n) is 10.7. The van der Waals surface area contributed by atoms with E-state index in [9.17, 15) is 4.79 Å². The lowest BCUT2D eigenvalue weighted by molar-refractivity contribution is -0.130. The molecule has 1 aromatic carbocycles. The number of rotatable bonds is 6. The summed E-state index contributed by atoms with van der Waals surface area (Å²) in [5.41, 5.74) is 1.16. The van der Waals surface area contributed by atoms with E-state index in [2.05, 4.69) is 21.2 Å². The van der Waals surface area contributed by atoms with Crippen LogP contribution in [0.1, 0.15) is 24.8 Å². The summed E-state index contributed by atoms with van der Waals surface area (Å²) in [6.45, 7) is 1.48. The van der Waals surface area contributed by atoms with Gasteiger partial charge in [-0.25, -0.2) is 0 Å². The van der Waals surface area contributed by atoms with Crippen LogP contribution in [-0.4, -0.2) is 30.4 Å². The van der Waals surface area contributed by atoms with E-state index in [-0.39, 0.29) is 5.91 Å². The second-order valence-electron chi connectivity index (χ2n) is 4.85. The van der Waals surface area contributed by atoms with Gasteiger partial charge in [0.1, 0.15) is 0 Å². The van der Waals surface area contributed by atoms with Crippen LogP contribution in [0.25, 0.3) is 0 Å². The zero-order chi connectivity index (χ0) is 13.0. The number of carbonyl (C=O) groups is 1. The maximum atomic E-state index is 11.9. The molecule has 0 radical (unpaired) electrons. The maximum absolute atomic E-state index is 11.9. The first-order valence-electron chi connectivity index (χ1n) is 6.37. The third-order valence-corrected chi connectivity index (χ3v) is 3.64. The molecule has 1 saturated carbocycles. The fourth-order valence-corrected chi connectivity index (χ4v) is 2.08. The third-order valence-electron chi connectivity index (χ3n) is 3.11. The van der Waals surface area contributed by atoms with Gasteiger partial charge in [0.15, 0.2) is 0 Å². The highest BCUT2D eigenvalue weighted by atomic mass is 79.9. The SMILES string of the molecule is CN(Cc1ccc(Br)cc1)C(=O)CCNC1CC1. The van der Waals surface area contributed by atoms with Crippen molar-refractivity contribution in [3.05, 3.63) is 34.3 Å². The Bertz CT molecular complexity index is 401. The van der Waals surface area contributed by atoms with E-state index in [1.165, 1.54) is 12.8 Å². The van der Waals surface area contributed by atoms with Gasteiger partial charge >= 0.3 is 0 Å². The minimum absolute atomic E-state index is 0.200. The van der Waals surface area contributed by atoms with Crippen molar-refractivity contribution >= 4 is 21.8 Å². The molecule has 0 aliphatic heterocycles. The van der Waals surface area contributed by atoms with Gasteiger partial charge in [-0.3, -0.25) is 4.79 Å². The van der Waals surface area contributed by atoms with Crippen LogP contribution in [0.4, 0.5) is 0 Å². The number of nitrogens with one attached hydrogen (secondary N) is 1. The molecule has 0 aromatic heterocycles. The molecule has 1 aliphatic rings. The lowest BCUT2D eigenvalue weighted by atomic mass is 10.2. The van der Waals surface area contributed by atoms with Crippen LogP contribution in [0.5, 0.6) is 0 Å². The molecule has 0 spiro atoms. The van der Waals surface area contributed by atoms with Crippen LogP contribution < -0.4 is 5.32 Å². The normalized spacial score (nSPS) is 14.6. The molecule has 98 valence electrons. The molecule has 4 heteroatoms. The van der Waals surface area contributed by atoms with Crippen LogP contribution in [-0.2, 0) is 11.3 Å². The van der Waals surface area contributed by atoms with E-state index in [1.54, 1.807) is 4.90 Å². The predicted octanol–water partition coefficient (Wildman–Crippen LogP) is 2.55. The largest absolute Gasteiger partial charge is 0.341 e. The molecule has 18 heavy (non-hydrogen) atoms. The highest BCUT2D eigenvalue weighted by molar-refractivity contribution is 9.10. The van der Waals surface area contributed by atoms with Crippen LogP contribution in [0.2, 0.25) is 0 Å². The molecule has 0 unspecified atom stereocenters. The van der Waals surface area contributed by atoms with Crippen LogP contribution >= 0.6 is 15.9 Å². The molecule has 0 bridgehead atoms. The van der Waals surface area contributed by atoms with Gasteiger partial charge in [-0.1, -0.05) is 28.1 Å². The quantitative estimate of drug-likeness (QED) is 0.876. The van der Waals surface area contributed by atoms with Crippen LogP contribution in [0.15, 0.2) is 28.7 Å². The standard InChI is InChI=1S/C14H19BrN2O/c1-17(10-11-2-4-12(15)5-3-11)14(18)8-9-16-13-6-7-13/h2-5,13,16H,6-10H2,1H3. The molecule has 0 atom stereocenters. The number of halogens is 1. The number of amides is 1. The maximum Gasteiger partial charge on any atom is 0.223 e. The highest BCUT2D eigenvalue weighted by Gasteiger charge is 2.20. The van der Waals surface area contributed by atoms with Crippen molar-refractivity contribution in [3.63, 3.8) is 0 Å². The van der Waals surface area contributed by atoms with Gasteiger partial charge in [-0.2, -0.15) is 0 Å². The predicted molar refractivity (Wildman–Crippen MR) is 76.3 cm³/mol. The van der Waals surface area contributed by atoms with Crippen molar-refractivity contribution < 1.29 is 4.79 Å². The van der Waals surface area contributed by atoms with E-state index < -0.39 is 0 Å². The Labute approximate surface area is 117 Å². The number of hydrogen-bond donors (Lipinski definition) is 1. The Hall–Kier alpha value is -0.870. The fraction of sp³-hybridized carbons (Fsp3) is 0.500. The number of carbonyl (C=O) groups excluding carboxylic acids is 1. The summed E-state index contributed by atoms with van der Waals surface area (Å²) in [6.07, 6.45) is 3.12. The molecule has 3 nitrogen and oxygen atoms in total. The van der Waals surface area contributed by atoms with Gasteiger partial charge in [0.05, 0.1) is 0 Å². The van der Waals surface area contributed by atoms with Crippen molar-refractivity contribution in [2.45, 2.75) is 31.8 Å². The third kappa shape index (κ3) is 4.42. The Morgan fingerprint density at radius 3 is 2.67 bits per heavy atom. The van der Waals surface area contributed by atoms with Gasteiger partial charge < -0.3 is 10.2 Å². The summed E-state index contributed by atoms with van der Waals surface area (Å²) in [4.78, 5) is 13.7. The Morgan fingerprint density at radius 2 is 2.06 bits per heavy atom. The zero-order valence-corrected chi connectivity index (χ0v) is 12.2. The average Bonchev–Trinajstić information content (AvgIpc) is 3.16. The summed E-state index contributed by atoms with van der Waals surface area (Å²) in [7, 11) is 1.86. The number of benzene rings is 1. The molecular formula is C14H19BrN2O.